The first-order valence-electron chi connectivity index (χ1n) is 5.61. The molecule has 0 saturated carbocycles. The van der Waals surface area contributed by atoms with Crippen LogP contribution in [0, 0.1) is 0 Å². The van der Waals surface area contributed by atoms with Crippen LogP contribution in [0.4, 0.5) is 0 Å². The van der Waals surface area contributed by atoms with Crippen molar-refractivity contribution in [2.75, 3.05) is 13.6 Å². The van der Waals surface area contributed by atoms with E-state index in [1.54, 1.807) is 11.3 Å². The van der Waals surface area contributed by atoms with E-state index in [0.29, 0.717) is 0 Å². The molecular weight excluding hydrogens is 252 g/mol. The number of halogens is 1. The van der Waals surface area contributed by atoms with Gasteiger partial charge < -0.3 is 5.32 Å². The fourth-order valence-electron chi connectivity index (χ4n) is 1.60. The minimum atomic E-state index is 0.819. The number of aromatic nitrogens is 1. The lowest BCUT2D eigenvalue weighted by molar-refractivity contribution is 0.798. The molecule has 2 aromatic rings. The molecule has 0 amide bonds. The Morgan fingerprint density at radius 3 is 2.94 bits per heavy atom. The molecule has 1 aromatic heterocycles. The molecule has 0 bridgehead atoms. The van der Waals surface area contributed by atoms with Crippen LogP contribution < -0.4 is 5.32 Å². The summed E-state index contributed by atoms with van der Waals surface area (Å²) in [4.78, 5) is 5.76. The molecule has 0 radical (unpaired) electrons. The maximum absolute atomic E-state index is 6.13. The zero-order valence-corrected chi connectivity index (χ0v) is 11.3. The number of hydrogen-bond acceptors (Lipinski definition) is 3. The molecule has 2 nitrogen and oxygen atoms in total. The summed E-state index contributed by atoms with van der Waals surface area (Å²) in [6.45, 7) is 0.994. The van der Waals surface area contributed by atoms with Crippen molar-refractivity contribution in [3.05, 3.63) is 50.9 Å². The Kier molecular flexibility index (Phi) is 4.54. The third-order valence-corrected chi connectivity index (χ3v) is 3.95. The second-order valence-corrected chi connectivity index (χ2v) is 5.45. The normalized spacial score (nSPS) is 10.7. The van der Waals surface area contributed by atoms with Gasteiger partial charge in [-0.05, 0) is 31.6 Å². The van der Waals surface area contributed by atoms with Crippen LogP contribution in [0.15, 0.2) is 30.5 Å². The number of thiazole rings is 1. The summed E-state index contributed by atoms with van der Waals surface area (Å²) in [5.74, 6) is 0. The quantitative estimate of drug-likeness (QED) is 0.899. The second kappa shape index (κ2) is 6.15. The average Bonchev–Trinajstić information content (AvgIpc) is 2.77. The van der Waals surface area contributed by atoms with Gasteiger partial charge in [0.1, 0.15) is 0 Å². The average molecular weight is 267 g/mol. The molecule has 1 N–H and O–H groups in total. The summed E-state index contributed by atoms with van der Waals surface area (Å²) < 4.78 is 0. The topological polar surface area (TPSA) is 24.9 Å². The van der Waals surface area contributed by atoms with Crippen molar-refractivity contribution < 1.29 is 0 Å². The smallest absolute Gasteiger partial charge is 0.0972 e. The predicted octanol–water partition coefficient (Wildman–Crippen LogP) is 3.15. The second-order valence-electron chi connectivity index (χ2n) is 3.84. The first-order valence-corrected chi connectivity index (χ1v) is 6.80. The van der Waals surface area contributed by atoms with Crippen LogP contribution in [0.5, 0.6) is 0 Å². The predicted molar refractivity (Wildman–Crippen MR) is 74.0 cm³/mol. The summed E-state index contributed by atoms with van der Waals surface area (Å²) in [6, 6.07) is 7.94. The Morgan fingerprint density at radius 1 is 1.35 bits per heavy atom. The van der Waals surface area contributed by atoms with E-state index in [4.69, 9.17) is 11.6 Å². The minimum Gasteiger partial charge on any atom is -0.319 e. The Bertz CT molecular complexity index is 482. The summed E-state index contributed by atoms with van der Waals surface area (Å²) in [6.07, 6.45) is 3.83. The summed E-state index contributed by atoms with van der Waals surface area (Å²) in [7, 11) is 1.96. The molecule has 0 saturated heterocycles. The largest absolute Gasteiger partial charge is 0.319 e. The van der Waals surface area contributed by atoms with E-state index in [9.17, 15) is 0 Å². The number of hydrogen-bond donors (Lipinski definition) is 1. The Balaban J connectivity index is 2.04. The lowest BCUT2D eigenvalue weighted by atomic mass is 10.2. The molecule has 0 aliphatic carbocycles. The van der Waals surface area contributed by atoms with Gasteiger partial charge in [0.05, 0.1) is 5.01 Å². The lowest BCUT2D eigenvalue weighted by Crippen LogP contribution is -2.09. The number of likely N-dealkylation sites (N-methyl/N-ethyl adjacent to an activating group) is 1. The van der Waals surface area contributed by atoms with Gasteiger partial charge in [0.15, 0.2) is 0 Å². The van der Waals surface area contributed by atoms with Crippen molar-refractivity contribution in [3.8, 4) is 0 Å². The first-order chi connectivity index (χ1) is 8.29. The van der Waals surface area contributed by atoms with Crippen LogP contribution in [-0.2, 0) is 12.8 Å². The van der Waals surface area contributed by atoms with Crippen LogP contribution in [-0.4, -0.2) is 18.6 Å². The van der Waals surface area contributed by atoms with Gasteiger partial charge in [0.2, 0.25) is 0 Å². The van der Waals surface area contributed by atoms with E-state index >= 15 is 0 Å². The first kappa shape index (κ1) is 12.6. The molecule has 90 valence electrons. The number of nitrogens with one attached hydrogen (secondary N) is 1. The van der Waals surface area contributed by atoms with Crippen LogP contribution in [0.1, 0.15) is 15.4 Å². The third-order valence-electron chi connectivity index (χ3n) is 2.52. The number of nitrogens with zero attached hydrogens (tertiary/aromatic N) is 1. The van der Waals surface area contributed by atoms with Crippen LogP contribution in [0.25, 0.3) is 0 Å². The van der Waals surface area contributed by atoms with Gasteiger partial charge in [-0.2, -0.15) is 0 Å². The molecule has 0 aliphatic heterocycles. The highest BCUT2D eigenvalue weighted by Gasteiger charge is 2.05. The molecule has 0 spiro atoms. The third kappa shape index (κ3) is 3.53. The number of benzene rings is 1. The molecular formula is C13H15ClN2S. The molecule has 2 rings (SSSR count). The van der Waals surface area contributed by atoms with Crippen molar-refractivity contribution in [2.45, 2.75) is 12.8 Å². The van der Waals surface area contributed by atoms with Gasteiger partial charge >= 0.3 is 0 Å². The van der Waals surface area contributed by atoms with E-state index in [2.05, 4.69) is 16.4 Å². The van der Waals surface area contributed by atoms with E-state index < -0.39 is 0 Å². The van der Waals surface area contributed by atoms with Crippen LogP contribution >= 0.6 is 22.9 Å². The highest BCUT2D eigenvalue weighted by atomic mass is 35.5. The van der Waals surface area contributed by atoms with Gasteiger partial charge in [-0.1, -0.05) is 29.8 Å². The molecule has 0 atom stereocenters. The SMILES string of the molecule is CNCCc1cnc(Cc2ccccc2Cl)s1. The van der Waals surface area contributed by atoms with Gasteiger partial charge in [-0.3, -0.25) is 0 Å². The zero-order chi connectivity index (χ0) is 12.1. The molecule has 4 heteroatoms. The van der Waals surface area contributed by atoms with Gasteiger partial charge in [0.25, 0.3) is 0 Å². The highest BCUT2D eigenvalue weighted by molar-refractivity contribution is 7.11. The monoisotopic (exact) mass is 266 g/mol. The molecule has 0 unspecified atom stereocenters. The molecule has 17 heavy (non-hydrogen) atoms. The van der Waals surface area contributed by atoms with Crippen LogP contribution in [0.2, 0.25) is 5.02 Å². The maximum atomic E-state index is 6.13. The highest BCUT2D eigenvalue weighted by Crippen LogP contribution is 2.22. The Labute approximate surface area is 111 Å². The fourth-order valence-corrected chi connectivity index (χ4v) is 2.75. The van der Waals surface area contributed by atoms with Gasteiger partial charge in [-0.25, -0.2) is 4.98 Å². The summed E-state index contributed by atoms with van der Waals surface area (Å²) >= 11 is 7.90. The molecule has 1 heterocycles. The summed E-state index contributed by atoms with van der Waals surface area (Å²) in [5.41, 5.74) is 1.14. The molecule has 1 aromatic carbocycles. The number of rotatable bonds is 5. The molecule has 0 fully saturated rings. The van der Waals surface area contributed by atoms with Crippen molar-refractivity contribution in [3.63, 3.8) is 0 Å². The van der Waals surface area contributed by atoms with E-state index in [-0.39, 0.29) is 0 Å². The van der Waals surface area contributed by atoms with E-state index in [0.717, 1.165) is 35.0 Å². The van der Waals surface area contributed by atoms with Gasteiger partial charge in [0, 0.05) is 22.5 Å². The molecule has 0 aliphatic rings. The lowest BCUT2D eigenvalue weighted by Gasteiger charge is -2.00. The van der Waals surface area contributed by atoms with E-state index in [1.165, 1.54) is 4.88 Å². The standard InChI is InChI=1S/C13H15ClN2S/c1-15-7-6-11-9-16-13(17-11)8-10-4-2-3-5-12(10)14/h2-5,9,15H,6-8H2,1H3. The minimum absolute atomic E-state index is 0.819. The Morgan fingerprint density at radius 2 is 2.18 bits per heavy atom. The fraction of sp³-hybridized carbons (Fsp3) is 0.308. The maximum Gasteiger partial charge on any atom is 0.0972 e. The van der Waals surface area contributed by atoms with Crippen molar-refractivity contribution in [2.24, 2.45) is 0 Å². The van der Waals surface area contributed by atoms with E-state index in [1.807, 2.05) is 31.4 Å². The van der Waals surface area contributed by atoms with Crippen molar-refractivity contribution in [1.82, 2.24) is 10.3 Å². The summed E-state index contributed by atoms with van der Waals surface area (Å²) in [5, 5.41) is 5.09. The van der Waals surface area contributed by atoms with Gasteiger partial charge in [-0.15, -0.1) is 11.3 Å². The van der Waals surface area contributed by atoms with Crippen molar-refractivity contribution in [1.29, 1.82) is 0 Å². The zero-order valence-electron chi connectivity index (χ0n) is 9.74. The Hall–Kier alpha value is -0.900. The van der Waals surface area contributed by atoms with Crippen LogP contribution in [0.3, 0.4) is 0 Å². The van der Waals surface area contributed by atoms with Crippen molar-refractivity contribution >= 4 is 22.9 Å².